The predicted molar refractivity (Wildman–Crippen MR) is 122 cm³/mol. The number of amides is 2. The first-order chi connectivity index (χ1) is 15.3. The van der Waals surface area contributed by atoms with Crippen molar-refractivity contribution in [3.63, 3.8) is 0 Å². The van der Waals surface area contributed by atoms with Gasteiger partial charge in [0.25, 0.3) is 15.9 Å². The molecule has 1 aliphatic carbocycles. The van der Waals surface area contributed by atoms with E-state index in [0.717, 1.165) is 25.7 Å². The average Bonchev–Trinajstić information content (AvgIpc) is 3.28. The fourth-order valence-corrected chi connectivity index (χ4v) is 4.59. The summed E-state index contributed by atoms with van der Waals surface area (Å²) in [4.78, 5) is 24.8. The summed E-state index contributed by atoms with van der Waals surface area (Å²) >= 11 is 0. The van der Waals surface area contributed by atoms with Gasteiger partial charge in [0.05, 0.1) is 11.5 Å². The Morgan fingerprint density at radius 1 is 1.03 bits per heavy atom. The molecule has 0 radical (unpaired) electrons. The average molecular weight is 460 g/mol. The molecule has 9 heteroatoms. The summed E-state index contributed by atoms with van der Waals surface area (Å²) in [6.45, 7) is 4.02. The van der Waals surface area contributed by atoms with E-state index in [4.69, 9.17) is 4.74 Å². The third-order valence-electron chi connectivity index (χ3n) is 5.29. The van der Waals surface area contributed by atoms with Crippen LogP contribution in [0, 0.1) is 0 Å². The molecule has 3 rings (SSSR count). The molecular weight excluding hydrogens is 430 g/mol. The molecule has 2 aromatic carbocycles. The number of rotatable bonds is 9. The number of sulfonamides is 1. The summed E-state index contributed by atoms with van der Waals surface area (Å²) < 4.78 is 33.1. The zero-order chi connectivity index (χ0) is 23.1. The smallest absolute Gasteiger partial charge is 0.261 e. The van der Waals surface area contributed by atoms with Crippen LogP contribution in [-0.4, -0.2) is 38.9 Å². The van der Waals surface area contributed by atoms with E-state index in [1.54, 1.807) is 31.2 Å². The molecule has 2 aromatic rings. The van der Waals surface area contributed by atoms with Gasteiger partial charge < -0.3 is 15.4 Å². The lowest BCUT2D eigenvalue weighted by molar-refractivity contribution is -0.123. The molecule has 1 atom stereocenters. The van der Waals surface area contributed by atoms with Gasteiger partial charge in [0, 0.05) is 17.3 Å². The van der Waals surface area contributed by atoms with Gasteiger partial charge in [-0.25, -0.2) is 8.42 Å². The van der Waals surface area contributed by atoms with Crippen LogP contribution in [0.4, 0.5) is 5.69 Å². The summed E-state index contributed by atoms with van der Waals surface area (Å²) in [5.74, 6) is -0.0107. The molecule has 1 saturated carbocycles. The van der Waals surface area contributed by atoms with Gasteiger partial charge in [-0.15, -0.1) is 0 Å². The molecule has 2 amide bonds. The highest BCUT2D eigenvalue weighted by Gasteiger charge is 2.22. The number of hydrogen-bond acceptors (Lipinski definition) is 5. The maximum Gasteiger partial charge on any atom is 0.261 e. The van der Waals surface area contributed by atoms with Crippen molar-refractivity contribution in [2.75, 3.05) is 11.3 Å². The summed E-state index contributed by atoms with van der Waals surface area (Å²) in [6.07, 6.45) is 4.14. The van der Waals surface area contributed by atoms with Crippen molar-refractivity contribution < 1.29 is 22.7 Å². The van der Waals surface area contributed by atoms with Crippen LogP contribution in [0.15, 0.2) is 53.4 Å². The molecule has 0 saturated heterocycles. The summed E-state index contributed by atoms with van der Waals surface area (Å²) in [7, 11) is -3.82. The first kappa shape index (κ1) is 23.6. The monoisotopic (exact) mass is 459 g/mol. The van der Waals surface area contributed by atoms with Gasteiger partial charge in [0.2, 0.25) is 5.91 Å². The lowest BCUT2D eigenvalue weighted by atomic mass is 10.2. The van der Waals surface area contributed by atoms with Crippen LogP contribution in [0.3, 0.4) is 0 Å². The molecule has 0 spiro atoms. The Labute approximate surface area is 188 Å². The Morgan fingerprint density at radius 2 is 1.66 bits per heavy atom. The van der Waals surface area contributed by atoms with E-state index in [2.05, 4.69) is 15.4 Å². The van der Waals surface area contributed by atoms with E-state index in [1.807, 2.05) is 6.92 Å². The van der Waals surface area contributed by atoms with Crippen LogP contribution in [-0.2, 0) is 14.8 Å². The lowest BCUT2D eigenvalue weighted by Gasteiger charge is -2.18. The van der Waals surface area contributed by atoms with Crippen molar-refractivity contribution in [1.29, 1.82) is 0 Å². The Hall–Kier alpha value is -3.07. The van der Waals surface area contributed by atoms with Crippen molar-refractivity contribution in [3.05, 3.63) is 54.1 Å². The topological polar surface area (TPSA) is 114 Å². The Morgan fingerprint density at radius 3 is 2.25 bits per heavy atom. The lowest BCUT2D eigenvalue weighted by Crippen LogP contribution is -2.47. The molecule has 1 aliphatic rings. The minimum absolute atomic E-state index is 0.0231. The molecule has 3 N–H and O–H groups in total. The molecule has 0 aromatic heterocycles. The quantitative estimate of drug-likeness (QED) is 0.533. The Balaban J connectivity index is 1.59. The number of carbonyl (C=O) groups is 2. The van der Waals surface area contributed by atoms with Crippen LogP contribution in [0.5, 0.6) is 5.75 Å². The first-order valence-corrected chi connectivity index (χ1v) is 12.2. The third kappa shape index (κ3) is 6.23. The zero-order valence-corrected chi connectivity index (χ0v) is 19.1. The van der Waals surface area contributed by atoms with E-state index in [-0.39, 0.29) is 22.4 Å². The molecule has 8 nitrogen and oxygen atoms in total. The number of hydrogen-bond donors (Lipinski definition) is 3. The number of nitrogens with one attached hydrogen (secondary N) is 3. The number of benzene rings is 2. The van der Waals surface area contributed by atoms with Crippen LogP contribution in [0.2, 0.25) is 0 Å². The fourth-order valence-electron chi connectivity index (χ4n) is 3.53. The maximum atomic E-state index is 12.6. The SMILES string of the molecule is CCOc1ccc(NS(=O)(=O)c2ccc(C(=O)N[C@H](C)C(=O)NC3CCCC3)cc2)cc1. The Kier molecular flexibility index (Phi) is 7.74. The molecule has 1 fully saturated rings. The van der Waals surface area contributed by atoms with E-state index < -0.39 is 22.0 Å². The standard InChI is InChI=1S/C23H29N3O5S/c1-3-31-20-12-10-19(11-13-20)26-32(29,30)21-14-8-17(9-15-21)23(28)24-16(2)22(27)25-18-6-4-5-7-18/h8-16,18,26H,3-7H2,1-2H3,(H,24,28)(H,25,27)/t16-/m1/s1. The van der Waals surface area contributed by atoms with E-state index >= 15 is 0 Å². The Bertz CT molecular complexity index is 1030. The number of anilines is 1. The van der Waals surface area contributed by atoms with E-state index in [1.165, 1.54) is 24.3 Å². The normalized spacial score (nSPS) is 15.1. The summed E-state index contributed by atoms with van der Waals surface area (Å²) in [5.41, 5.74) is 0.669. The molecular formula is C23H29N3O5S. The molecule has 172 valence electrons. The second-order valence-electron chi connectivity index (χ2n) is 7.77. The van der Waals surface area contributed by atoms with Crippen molar-refractivity contribution >= 4 is 27.5 Å². The fraction of sp³-hybridized carbons (Fsp3) is 0.391. The third-order valence-corrected chi connectivity index (χ3v) is 6.68. The maximum absolute atomic E-state index is 12.6. The number of ether oxygens (including phenoxy) is 1. The molecule has 0 bridgehead atoms. The van der Waals surface area contributed by atoms with E-state index in [0.29, 0.717) is 18.0 Å². The summed E-state index contributed by atoms with van der Waals surface area (Å²) in [6, 6.07) is 11.6. The van der Waals surface area contributed by atoms with Gasteiger partial charge >= 0.3 is 0 Å². The molecule has 0 aliphatic heterocycles. The van der Waals surface area contributed by atoms with Crippen molar-refractivity contribution in [2.45, 2.75) is 56.5 Å². The second-order valence-corrected chi connectivity index (χ2v) is 9.45. The summed E-state index contributed by atoms with van der Waals surface area (Å²) in [5, 5.41) is 5.60. The van der Waals surface area contributed by atoms with Gasteiger partial charge in [0.1, 0.15) is 11.8 Å². The van der Waals surface area contributed by atoms with Crippen LogP contribution >= 0.6 is 0 Å². The highest BCUT2D eigenvalue weighted by Crippen LogP contribution is 2.20. The minimum Gasteiger partial charge on any atom is -0.494 e. The van der Waals surface area contributed by atoms with Gasteiger partial charge in [-0.2, -0.15) is 0 Å². The van der Waals surface area contributed by atoms with Crippen molar-refractivity contribution in [2.24, 2.45) is 0 Å². The minimum atomic E-state index is -3.82. The number of carbonyl (C=O) groups excluding carboxylic acids is 2. The van der Waals surface area contributed by atoms with Crippen molar-refractivity contribution in [1.82, 2.24) is 10.6 Å². The van der Waals surface area contributed by atoms with Crippen LogP contribution in [0.1, 0.15) is 49.9 Å². The highest BCUT2D eigenvalue weighted by molar-refractivity contribution is 7.92. The second kappa shape index (κ2) is 10.5. The van der Waals surface area contributed by atoms with Crippen molar-refractivity contribution in [3.8, 4) is 5.75 Å². The van der Waals surface area contributed by atoms with Gasteiger partial charge in [-0.1, -0.05) is 12.8 Å². The molecule has 0 unspecified atom stereocenters. The van der Waals surface area contributed by atoms with E-state index in [9.17, 15) is 18.0 Å². The van der Waals surface area contributed by atoms with Crippen LogP contribution < -0.4 is 20.1 Å². The predicted octanol–water partition coefficient (Wildman–Crippen LogP) is 3.06. The molecule has 32 heavy (non-hydrogen) atoms. The highest BCUT2D eigenvalue weighted by atomic mass is 32.2. The van der Waals surface area contributed by atoms with Gasteiger partial charge in [0.15, 0.2) is 0 Å². The van der Waals surface area contributed by atoms with Gasteiger partial charge in [-0.05, 0) is 75.2 Å². The van der Waals surface area contributed by atoms with Gasteiger partial charge in [-0.3, -0.25) is 14.3 Å². The molecule has 0 heterocycles. The largest absolute Gasteiger partial charge is 0.494 e. The zero-order valence-electron chi connectivity index (χ0n) is 18.3. The van der Waals surface area contributed by atoms with Crippen LogP contribution in [0.25, 0.3) is 0 Å². The first-order valence-electron chi connectivity index (χ1n) is 10.8.